The molecule has 0 fully saturated rings. The molecule has 1 N–H and O–H groups in total. The summed E-state index contributed by atoms with van der Waals surface area (Å²) < 4.78 is 6.55. The molecule has 0 aliphatic carbocycles. The zero-order valence-electron chi connectivity index (χ0n) is 11.6. The second-order valence-corrected chi connectivity index (χ2v) is 5.39. The summed E-state index contributed by atoms with van der Waals surface area (Å²) in [7, 11) is 1.66. The lowest BCUT2D eigenvalue weighted by Gasteiger charge is -2.14. The maximum Gasteiger partial charge on any atom is 0.354 e. The number of aryl methyl sites for hydroxylation is 1. The molecular formula is C13H22N2O3. The number of carboxylic acid groups (broad SMARTS) is 1. The van der Waals surface area contributed by atoms with Crippen molar-refractivity contribution in [1.29, 1.82) is 0 Å². The first-order valence-electron chi connectivity index (χ1n) is 6.17. The molecule has 0 saturated carbocycles. The Morgan fingerprint density at radius 2 is 2.11 bits per heavy atom. The zero-order chi connectivity index (χ0) is 13.8. The number of rotatable bonds is 6. The fourth-order valence-electron chi connectivity index (χ4n) is 1.63. The first-order valence-corrected chi connectivity index (χ1v) is 6.17. The molecule has 0 aliphatic heterocycles. The average Bonchev–Trinajstić information content (AvgIpc) is 2.68. The molecule has 1 rings (SSSR count). The third-order valence-electron chi connectivity index (χ3n) is 2.74. The van der Waals surface area contributed by atoms with Crippen molar-refractivity contribution in [2.75, 3.05) is 13.7 Å². The highest BCUT2D eigenvalue weighted by atomic mass is 16.5. The molecule has 0 atom stereocenters. The smallest absolute Gasteiger partial charge is 0.354 e. The molecule has 1 heterocycles. The Kier molecular flexibility index (Phi) is 4.90. The van der Waals surface area contributed by atoms with Crippen molar-refractivity contribution >= 4 is 5.97 Å². The van der Waals surface area contributed by atoms with Crippen LogP contribution >= 0.6 is 0 Å². The molecule has 0 spiro atoms. The van der Waals surface area contributed by atoms with Gasteiger partial charge < -0.3 is 9.84 Å². The standard InChI is InChI=1S/C13H22N2O3/c1-13(2,3)11-9-10(12(16)17)15(14-11)7-5-6-8-18-4/h9H,5-8H2,1-4H3,(H,16,17). The van der Waals surface area contributed by atoms with Gasteiger partial charge in [0, 0.05) is 25.7 Å². The van der Waals surface area contributed by atoms with Gasteiger partial charge in [0.05, 0.1) is 5.69 Å². The molecule has 5 heteroatoms. The van der Waals surface area contributed by atoms with Crippen molar-refractivity contribution in [2.45, 2.75) is 45.6 Å². The number of methoxy groups -OCH3 is 1. The third kappa shape index (κ3) is 3.84. The van der Waals surface area contributed by atoms with E-state index in [9.17, 15) is 4.79 Å². The fraction of sp³-hybridized carbons (Fsp3) is 0.692. The fourth-order valence-corrected chi connectivity index (χ4v) is 1.63. The van der Waals surface area contributed by atoms with E-state index < -0.39 is 5.97 Å². The molecule has 1 aromatic heterocycles. The Morgan fingerprint density at radius 3 is 2.61 bits per heavy atom. The van der Waals surface area contributed by atoms with Gasteiger partial charge in [-0.15, -0.1) is 0 Å². The average molecular weight is 254 g/mol. The van der Waals surface area contributed by atoms with Gasteiger partial charge in [-0.3, -0.25) is 4.68 Å². The molecule has 1 aromatic rings. The Hall–Kier alpha value is -1.36. The second-order valence-electron chi connectivity index (χ2n) is 5.39. The molecule has 0 unspecified atom stereocenters. The summed E-state index contributed by atoms with van der Waals surface area (Å²) >= 11 is 0. The van der Waals surface area contributed by atoms with Crippen LogP contribution in [0.5, 0.6) is 0 Å². The number of unbranched alkanes of at least 4 members (excludes halogenated alkanes) is 1. The minimum absolute atomic E-state index is 0.137. The number of carboxylic acids is 1. The summed E-state index contributed by atoms with van der Waals surface area (Å²) in [6.07, 6.45) is 1.76. The maximum absolute atomic E-state index is 11.2. The minimum Gasteiger partial charge on any atom is -0.477 e. The van der Waals surface area contributed by atoms with E-state index in [0.29, 0.717) is 13.2 Å². The van der Waals surface area contributed by atoms with E-state index in [0.717, 1.165) is 18.5 Å². The number of hydrogen-bond donors (Lipinski definition) is 1. The largest absolute Gasteiger partial charge is 0.477 e. The second kappa shape index (κ2) is 6.00. The van der Waals surface area contributed by atoms with Crippen molar-refractivity contribution in [3.05, 3.63) is 17.5 Å². The predicted octanol–water partition coefficient (Wildman–Crippen LogP) is 2.31. The van der Waals surface area contributed by atoms with E-state index in [1.807, 2.05) is 20.8 Å². The summed E-state index contributed by atoms with van der Waals surface area (Å²) in [6.45, 7) is 7.37. The zero-order valence-corrected chi connectivity index (χ0v) is 11.6. The van der Waals surface area contributed by atoms with Crippen LogP contribution in [0.1, 0.15) is 49.8 Å². The molecule has 0 aromatic carbocycles. The van der Waals surface area contributed by atoms with E-state index >= 15 is 0 Å². The number of hydrogen-bond acceptors (Lipinski definition) is 3. The van der Waals surface area contributed by atoms with Crippen LogP contribution in [0.15, 0.2) is 6.07 Å². The normalized spacial score (nSPS) is 11.8. The van der Waals surface area contributed by atoms with E-state index in [1.54, 1.807) is 17.9 Å². The molecule has 0 saturated heterocycles. The van der Waals surface area contributed by atoms with Crippen molar-refractivity contribution in [3.8, 4) is 0 Å². The monoisotopic (exact) mass is 254 g/mol. The maximum atomic E-state index is 11.2. The molecule has 0 radical (unpaired) electrons. The number of ether oxygens (including phenoxy) is 1. The summed E-state index contributed by atoms with van der Waals surface area (Å²) in [5.41, 5.74) is 0.936. The highest BCUT2D eigenvalue weighted by Crippen LogP contribution is 2.22. The van der Waals surface area contributed by atoms with Gasteiger partial charge in [-0.1, -0.05) is 20.8 Å². The molecular weight excluding hydrogens is 232 g/mol. The van der Waals surface area contributed by atoms with Gasteiger partial charge >= 0.3 is 5.97 Å². The van der Waals surface area contributed by atoms with Crippen molar-refractivity contribution in [1.82, 2.24) is 9.78 Å². The summed E-state index contributed by atoms with van der Waals surface area (Å²) in [4.78, 5) is 11.2. The Bertz CT molecular complexity index is 405. The molecule has 0 bridgehead atoms. The first kappa shape index (κ1) is 14.7. The van der Waals surface area contributed by atoms with E-state index in [2.05, 4.69) is 5.10 Å². The van der Waals surface area contributed by atoms with Crippen molar-refractivity contribution < 1.29 is 14.6 Å². The Morgan fingerprint density at radius 1 is 1.44 bits per heavy atom. The number of carbonyl (C=O) groups is 1. The number of nitrogens with zero attached hydrogens (tertiary/aromatic N) is 2. The lowest BCUT2D eigenvalue weighted by Crippen LogP contribution is -2.14. The summed E-state index contributed by atoms with van der Waals surface area (Å²) in [6, 6.07) is 1.67. The van der Waals surface area contributed by atoms with Gasteiger partial charge in [0.15, 0.2) is 0 Å². The van der Waals surface area contributed by atoms with Gasteiger partial charge in [0.2, 0.25) is 0 Å². The first-order chi connectivity index (χ1) is 8.36. The van der Waals surface area contributed by atoms with Crippen LogP contribution in [0.2, 0.25) is 0 Å². The molecule has 0 aliphatic rings. The summed E-state index contributed by atoms with van der Waals surface area (Å²) in [5, 5.41) is 13.6. The van der Waals surface area contributed by atoms with Gasteiger partial charge in [-0.25, -0.2) is 4.79 Å². The minimum atomic E-state index is -0.926. The molecule has 18 heavy (non-hydrogen) atoms. The highest BCUT2D eigenvalue weighted by Gasteiger charge is 2.22. The van der Waals surface area contributed by atoms with Crippen molar-refractivity contribution in [3.63, 3.8) is 0 Å². The van der Waals surface area contributed by atoms with Crippen LogP contribution in [-0.4, -0.2) is 34.6 Å². The highest BCUT2D eigenvalue weighted by molar-refractivity contribution is 5.85. The van der Waals surface area contributed by atoms with Crippen LogP contribution in [0.25, 0.3) is 0 Å². The number of aromatic nitrogens is 2. The van der Waals surface area contributed by atoms with Crippen LogP contribution in [0, 0.1) is 0 Å². The molecule has 0 amide bonds. The van der Waals surface area contributed by atoms with E-state index in [4.69, 9.17) is 9.84 Å². The van der Waals surface area contributed by atoms with Crippen LogP contribution < -0.4 is 0 Å². The van der Waals surface area contributed by atoms with Crippen molar-refractivity contribution in [2.24, 2.45) is 0 Å². The van der Waals surface area contributed by atoms with Gasteiger partial charge in [-0.05, 0) is 18.9 Å². The SMILES string of the molecule is COCCCCn1nc(C(C)(C)C)cc1C(=O)O. The van der Waals surface area contributed by atoms with Crippen LogP contribution in [0.3, 0.4) is 0 Å². The lowest BCUT2D eigenvalue weighted by atomic mass is 9.92. The van der Waals surface area contributed by atoms with E-state index in [1.165, 1.54) is 0 Å². The summed E-state index contributed by atoms with van der Waals surface area (Å²) in [5.74, 6) is -0.926. The molecule has 102 valence electrons. The predicted molar refractivity (Wildman–Crippen MR) is 69.0 cm³/mol. The quantitative estimate of drug-likeness (QED) is 0.791. The van der Waals surface area contributed by atoms with Crippen LogP contribution in [0.4, 0.5) is 0 Å². The topological polar surface area (TPSA) is 64.4 Å². The Labute approximate surface area is 108 Å². The van der Waals surface area contributed by atoms with Gasteiger partial charge in [0.1, 0.15) is 5.69 Å². The number of aromatic carboxylic acids is 1. The Balaban J connectivity index is 2.82. The molecule has 5 nitrogen and oxygen atoms in total. The van der Waals surface area contributed by atoms with Gasteiger partial charge in [0.25, 0.3) is 0 Å². The van der Waals surface area contributed by atoms with Crippen LogP contribution in [-0.2, 0) is 16.7 Å². The van der Waals surface area contributed by atoms with Gasteiger partial charge in [-0.2, -0.15) is 5.10 Å². The third-order valence-corrected chi connectivity index (χ3v) is 2.74. The lowest BCUT2D eigenvalue weighted by molar-refractivity contribution is 0.0682. The van der Waals surface area contributed by atoms with E-state index in [-0.39, 0.29) is 11.1 Å².